The van der Waals surface area contributed by atoms with E-state index in [9.17, 15) is 4.39 Å². The zero-order valence-electron chi connectivity index (χ0n) is 11.5. The minimum Gasteiger partial charge on any atom is -0.488 e. The number of hydrogen-bond acceptors (Lipinski definition) is 2. The minimum atomic E-state index is -0.171. The molecule has 1 fully saturated rings. The number of rotatable bonds is 5. The molecule has 1 aliphatic carbocycles. The van der Waals surface area contributed by atoms with E-state index in [4.69, 9.17) is 4.74 Å². The Kier molecular flexibility index (Phi) is 3.48. The maximum Gasteiger partial charge on any atom is 0.123 e. The summed E-state index contributed by atoms with van der Waals surface area (Å²) in [6.07, 6.45) is 6.32. The molecule has 1 atom stereocenters. The molecule has 1 unspecified atom stereocenters. The first kappa shape index (κ1) is 12.9. The fourth-order valence-electron chi connectivity index (χ4n) is 3.23. The van der Waals surface area contributed by atoms with Crippen LogP contribution in [0, 0.1) is 11.2 Å². The maximum absolute atomic E-state index is 13.1. The van der Waals surface area contributed by atoms with Gasteiger partial charge >= 0.3 is 0 Å². The van der Waals surface area contributed by atoms with Crippen LogP contribution in [0.1, 0.15) is 38.2 Å². The number of hydrogen-bond donors (Lipinski definition) is 1. The number of benzene rings is 1. The molecule has 3 rings (SSSR count). The fraction of sp³-hybridized carbons (Fsp3) is 0.625. The lowest BCUT2D eigenvalue weighted by atomic mass is 9.67. The first-order chi connectivity index (χ1) is 9.21. The van der Waals surface area contributed by atoms with Crippen molar-refractivity contribution in [3.05, 3.63) is 29.6 Å². The van der Waals surface area contributed by atoms with Gasteiger partial charge < -0.3 is 10.1 Å². The van der Waals surface area contributed by atoms with Crippen molar-refractivity contribution in [1.82, 2.24) is 5.32 Å². The van der Waals surface area contributed by atoms with Crippen LogP contribution in [0.25, 0.3) is 0 Å². The van der Waals surface area contributed by atoms with Crippen molar-refractivity contribution >= 4 is 0 Å². The number of halogens is 1. The third-order valence-electron chi connectivity index (χ3n) is 4.80. The van der Waals surface area contributed by atoms with Gasteiger partial charge in [0.05, 0.1) is 0 Å². The van der Waals surface area contributed by atoms with Gasteiger partial charge in [-0.15, -0.1) is 0 Å². The van der Waals surface area contributed by atoms with E-state index in [1.807, 2.05) is 0 Å². The summed E-state index contributed by atoms with van der Waals surface area (Å²) in [5.74, 6) is 0.678. The van der Waals surface area contributed by atoms with Crippen molar-refractivity contribution in [2.75, 3.05) is 13.1 Å². The Bertz CT molecular complexity index is 451. The molecule has 0 aromatic heterocycles. The number of fused-ring (bicyclic) bond motifs is 1. The standard InChI is InChI=1S/C16H22FNO/c1-2-16(6-3-7-16)11-18-10-14-9-12-8-13(17)4-5-15(12)19-14/h4-5,8,14,18H,2-3,6-7,9-11H2,1H3. The van der Waals surface area contributed by atoms with Crippen LogP contribution in [0.5, 0.6) is 5.75 Å². The molecule has 3 heteroatoms. The van der Waals surface area contributed by atoms with Gasteiger partial charge in [-0.05, 0) is 42.9 Å². The summed E-state index contributed by atoms with van der Waals surface area (Å²) in [6, 6.07) is 4.80. The van der Waals surface area contributed by atoms with Crippen LogP contribution in [-0.2, 0) is 6.42 Å². The van der Waals surface area contributed by atoms with Gasteiger partial charge in [0.1, 0.15) is 17.7 Å². The third-order valence-corrected chi connectivity index (χ3v) is 4.80. The predicted molar refractivity (Wildman–Crippen MR) is 74.0 cm³/mol. The molecule has 1 saturated carbocycles. The molecule has 0 radical (unpaired) electrons. The van der Waals surface area contributed by atoms with E-state index in [2.05, 4.69) is 12.2 Å². The van der Waals surface area contributed by atoms with Crippen LogP contribution in [0.3, 0.4) is 0 Å². The van der Waals surface area contributed by atoms with Crippen LogP contribution >= 0.6 is 0 Å². The van der Waals surface area contributed by atoms with Gasteiger partial charge in [-0.3, -0.25) is 0 Å². The molecular formula is C16H22FNO. The van der Waals surface area contributed by atoms with Gasteiger partial charge in [-0.25, -0.2) is 4.39 Å². The smallest absolute Gasteiger partial charge is 0.123 e. The normalized spacial score (nSPS) is 23.6. The van der Waals surface area contributed by atoms with E-state index in [1.165, 1.54) is 31.7 Å². The van der Waals surface area contributed by atoms with Crippen molar-refractivity contribution in [2.24, 2.45) is 5.41 Å². The summed E-state index contributed by atoms with van der Waals surface area (Å²) in [5.41, 5.74) is 1.54. The first-order valence-electron chi connectivity index (χ1n) is 7.37. The first-order valence-corrected chi connectivity index (χ1v) is 7.37. The maximum atomic E-state index is 13.1. The Morgan fingerprint density at radius 1 is 1.42 bits per heavy atom. The lowest BCUT2D eigenvalue weighted by Crippen LogP contribution is -2.42. The molecule has 1 aromatic rings. The number of ether oxygens (including phenoxy) is 1. The quantitative estimate of drug-likeness (QED) is 0.880. The fourth-order valence-corrected chi connectivity index (χ4v) is 3.23. The Hall–Kier alpha value is -1.09. The molecule has 0 spiro atoms. The van der Waals surface area contributed by atoms with Crippen molar-refractivity contribution in [1.29, 1.82) is 0 Å². The summed E-state index contributed by atoms with van der Waals surface area (Å²) in [4.78, 5) is 0. The van der Waals surface area contributed by atoms with Crippen molar-refractivity contribution in [3.8, 4) is 5.75 Å². The van der Waals surface area contributed by atoms with Crippen molar-refractivity contribution in [3.63, 3.8) is 0 Å². The summed E-state index contributed by atoms with van der Waals surface area (Å²) in [7, 11) is 0. The SMILES string of the molecule is CCC1(CNCC2Cc3cc(F)ccc3O2)CCC1. The molecule has 0 saturated heterocycles. The molecular weight excluding hydrogens is 241 g/mol. The Labute approximate surface area is 114 Å². The zero-order chi connectivity index (χ0) is 13.3. The van der Waals surface area contributed by atoms with E-state index in [0.717, 1.165) is 30.8 Å². The summed E-state index contributed by atoms with van der Waals surface area (Å²) >= 11 is 0. The Balaban J connectivity index is 1.48. The molecule has 0 bridgehead atoms. The highest BCUT2D eigenvalue weighted by molar-refractivity contribution is 5.37. The molecule has 1 aliphatic heterocycles. The highest BCUT2D eigenvalue weighted by atomic mass is 19.1. The second-order valence-electron chi connectivity index (χ2n) is 6.03. The third kappa shape index (κ3) is 2.62. The van der Waals surface area contributed by atoms with Crippen molar-refractivity contribution in [2.45, 2.75) is 45.1 Å². The topological polar surface area (TPSA) is 21.3 Å². The molecule has 0 amide bonds. The van der Waals surface area contributed by atoms with Crippen molar-refractivity contribution < 1.29 is 9.13 Å². The predicted octanol–water partition coefficient (Wildman–Crippen LogP) is 3.30. The lowest BCUT2D eigenvalue weighted by Gasteiger charge is -2.41. The molecule has 2 nitrogen and oxygen atoms in total. The molecule has 1 aromatic carbocycles. The second-order valence-corrected chi connectivity index (χ2v) is 6.03. The molecule has 1 N–H and O–H groups in total. The molecule has 104 valence electrons. The van der Waals surface area contributed by atoms with Gasteiger partial charge in [0.15, 0.2) is 0 Å². The van der Waals surface area contributed by atoms with Gasteiger partial charge in [-0.2, -0.15) is 0 Å². The van der Waals surface area contributed by atoms with Crippen LogP contribution in [0.4, 0.5) is 4.39 Å². The monoisotopic (exact) mass is 263 g/mol. The van der Waals surface area contributed by atoms with Crippen LogP contribution in [0.2, 0.25) is 0 Å². The Morgan fingerprint density at radius 3 is 2.95 bits per heavy atom. The van der Waals surface area contributed by atoms with Gasteiger partial charge in [0.2, 0.25) is 0 Å². The van der Waals surface area contributed by atoms with Crippen LogP contribution in [-0.4, -0.2) is 19.2 Å². The summed E-state index contributed by atoms with van der Waals surface area (Å²) in [5, 5.41) is 3.55. The average Bonchev–Trinajstić information content (AvgIpc) is 2.74. The number of nitrogens with one attached hydrogen (secondary N) is 1. The second kappa shape index (κ2) is 5.12. The zero-order valence-corrected chi connectivity index (χ0v) is 11.5. The molecule has 19 heavy (non-hydrogen) atoms. The van der Waals surface area contributed by atoms with Gasteiger partial charge in [0, 0.05) is 25.1 Å². The summed E-state index contributed by atoms with van der Waals surface area (Å²) < 4.78 is 19.0. The van der Waals surface area contributed by atoms with Crippen LogP contribution < -0.4 is 10.1 Å². The van der Waals surface area contributed by atoms with Gasteiger partial charge in [0.25, 0.3) is 0 Å². The largest absolute Gasteiger partial charge is 0.488 e. The van der Waals surface area contributed by atoms with Crippen LogP contribution in [0.15, 0.2) is 18.2 Å². The average molecular weight is 263 g/mol. The Morgan fingerprint density at radius 2 is 2.26 bits per heavy atom. The summed E-state index contributed by atoms with van der Waals surface area (Å²) in [6.45, 7) is 4.23. The minimum absolute atomic E-state index is 0.158. The molecule has 2 aliphatic rings. The van der Waals surface area contributed by atoms with E-state index >= 15 is 0 Å². The van der Waals surface area contributed by atoms with Gasteiger partial charge in [-0.1, -0.05) is 13.3 Å². The van der Waals surface area contributed by atoms with E-state index in [0.29, 0.717) is 5.41 Å². The molecule has 1 heterocycles. The highest BCUT2D eigenvalue weighted by Gasteiger charge is 2.34. The highest BCUT2D eigenvalue weighted by Crippen LogP contribution is 2.43. The van der Waals surface area contributed by atoms with E-state index in [1.54, 1.807) is 12.1 Å². The van der Waals surface area contributed by atoms with E-state index in [-0.39, 0.29) is 11.9 Å². The van der Waals surface area contributed by atoms with E-state index < -0.39 is 0 Å². The lowest BCUT2D eigenvalue weighted by molar-refractivity contribution is 0.117.